The summed E-state index contributed by atoms with van der Waals surface area (Å²) < 4.78 is 75.7. The molecule has 18 heteroatoms. The number of piperazine rings is 1. The van der Waals surface area contributed by atoms with Crippen molar-refractivity contribution in [3.63, 3.8) is 0 Å². The van der Waals surface area contributed by atoms with Crippen molar-refractivity contribution in [2.75, 3.05) is 51.5 Å². The number of carbonyl (C=O) groups is 2. The fourth-order valence-corrected chi connectivity index (χ4v) is 8.07. The second kappa shape index (κ2) is 18.5. The highest BCUT2D eigenvalue weighted by atomic mass is 35.5. The monoisotopic (exact) mass is 876 g/mol. The summed E-state index contributed by atoms with van der Waals surface area (Å²) >= 11 is 0. The Hall–Kier alpha value is -6.04. The lowest BCUT2D eigenvalue weighted by Gasteiger charge is -2.27. The van der Waals surface area contributed by atoms with E-state index < -0.39 is 36.4 Å². The quantitative estimate of drug-likeness (QED) is 0.0780. The van der Waals surface area contributed by atoms with Gasteiger partial charge in [-0.25, -0.2) is 33.2 Å². The van der Waals surface area contributed by atoms with E-state index >= 15 is 4.39 Å². The molecule has 6 aromatic rings. The molecule has 0 unspecified atom stereocenters. The van der Waals surface area contributed by atoms with Crippen molar-refractivity contribution in [1.82, 2.24) is 34.5 Å². The Morgan fingerprint density at radius 1 is 0.919 bits per heavy atom. The molecule has 3 aromatic heterocycles. The van der Waals surface area contributed by atoms with E-state index in [-0.39, 0.29) is 36.2 Å². The molecule has 0 saturated carbocycles. The Morgan fingerprint density at radius 2 is 1.61 bits per heavy atom. The van der Waals surface area contributed by atoms with Gasteiger partial charge in [-0.3, -0.25) is 4.90 Å². The topological polar surface area (TPSA) is 129 Å². The van der Waals surface area contributed by atoms with Crippen LogP contribution in [0.5, 0.6) is 5.75 Å². The molecule has 326 valence electrons. The zero-order chi connectivity index (χ0) is 42.8. The van der Waals surface area contributed by atoms with Gasteiger partial charge in [-0.1, -0.05) is 44.2 Å². The van der Waals surface area contributed by atoms with Crippen LogP contribution in [0.4, 0.5) is 28.3 Å². The van der Waals surface area contributed by atoms with Crippen molar-refractivity contribution in [2.24, 2.45) is 0 Å². The molecular weight excluding hydrogens is 832 g/mol. The molecular formula is C44H45ClF4N8O5. The van der Waals surface area contributed by atoms with Gasteiger partial charge in [0.15, 0.2) is 11.6 Å². The first-order valence-electron chi connectivity index (χ1n) is 20.1. The summed E-state index contributed by atoms with van der Waals surface area (Å²) in [6.07, 6.45) is -0.889. The number of nitrogens with one attached hydrogen (secondary N) is 1. The number of esters is 1. The number of methoxy groups -OCH3 is 1. The molecule has 0 amide bonds. The van der Waals surface area contributed by atoms with Gasteiger partial charge in [-0.05, 0) is 53.8 Å². The van der Waals surface area contributed by atoms with Crippen LogP contribution in [0.1, 0.15) is 57.7 Å². The number of fused-ring (bicyclic) bond motifs is 2. The molecule has 0 atom stereocenters. The smallest absolute Gasteiger partial charge is 0.421 e. The number of hydrogen-bond acceptors (Lipinski definition) is 11. The van der Waals surface area contributed by atoms with Gasteiger partial charge < -0.3 is 24.4 Å². The average molecular weight is 877 g/mol. The van der Waals surface area contributed by atoms with Crippen LogP contribution in [0.2, 0.25) is 0 Å². The Bertz CT molecular complexity index is 2550. The fraction of sp³-hybridized carbons (Fsp3) is 0.341. The van der Waals surface area contributed by atoms with E-state index in [0.29, 0.717) is 59.3 Å². The highest BCUT2D eigenvalue weighted by Crippen LogP contribution is 2.43. The van der Waals surface area contributed by atoms with Gasteiger partial charge >= 0.3 is 18.2 Å². The molecule has 0 radical (unpaired) electrons. The molecule has 2 aliphatic heterocycles. The van der Waals surface area contributed by atoms with Crippen LogP contribution in [-0.4, -0.2) is 87.9 Å². The van der Waals surface area contributed by atoms with Crippen molar-refractivity contribution in [1.29, 1.82) is 0 Å². The SMILES string of the molecule is CCc1cccc(CC)c1-n1nc2c(c1-c1cc(F)c(OC)c3c1ccn3C(=O)OCOC(=O)c1ccc(CN3CCNCC3)cc1)CN(c1ncc(C(F)(F)F)cn1)CC2.Cl. The third-order valence-electron chi connectivity index (χ3n) is 11.2. The maximum Gasteiger partial charge on any atom is 0.421 e. The largest absolute Gasteiger partial charge is 0.492 e. The predicted molar refractivity (Wildman–Crippen MR) is 226 cm³/mol. The van der Waals surface area contributed by atoms with Gasteiger partial charge in [0.05, 0.1) is 35.3 Å². The number of halogens is 5. The molecule has 8 rings (SSSR count). The number of hydrogen-bond donors (Lipinski definition) is 1. The summed E-state index contributed by atoms with van der Waals surface area (Å²) in [5.74, 6) is -1.58. The standard InChI is InChI=1S/C44H44F4N8O5.ClH/c1-4-28-7-6-8-29(5-2)37(28)56-38(34-25-54(17-14-36(34)52-56)42-50-22-31(23-51-42)44(46,47)48)33-21-35(45)40(59-3)39-32(33)13-18-55(39)43(58)61-26-60-41(57)30-11-9-27(10-12-30)24-53-19-15-49-16-20-53;/h6-13,18,21-23,49H,4-5,14-17,19-20,24-26H2,1-3H3;1H. The molecule has 1 N–H and O–H groups in total. The van der Waals surface area contributed by atoms with Crippen LogP contribution < -0.4 is 15.0 Å². The van der Waals surface area contributed by atoms with Crippen LogP contribution in [-0.2, 0) is 48.0 Å². The molecule has 0 spiro atoms. The minimum absolute atomic E-state index is 0. The summed E-state index contributed by atoms with van der Waals surface area (Å²) in [5.41, 5.74) is 5.57. The lowest BCUT2D eigenvalue weighted by atomic mass is 9.97. The van der Waals surface area contributed by atoms with Gasteiger partial charge in [-0.15, -0.1) is 12.4 Å². The minimum Gasteiger partial charge on any atom is -0.492 e. The van der Waals surface area contributed by atoms with E-state index in [1.54, 1.807) is 23.1 Å². The number of nitrogens with zero attached hydrogens (tertiary/aromatic N) is 7. The van der Waals surface area contributed by atoms with Gasteiger partial charge in [-0.2, -0.15) is 18.3 Å². The van der Waals surface area contributed by atoms with Crippen LogP contribution in [0.15, 0.2) is 73.2 Å². The number of aryl methyl sites for hydroxylation is 2. The lowest BCUT2D eigenvalue weighted by Crippen LogP contribution is -2.42. The van der Waals surface area contributed by atoms with Crippen molar-refractivity contribution in [3.8, 4) is 22.7 Å². The minimum atomic E-state index is -4.60. The number of rotatable bonds is 11. The number of carbonyl (C=O) groups excluding carboxylic acids is 2. The first kappa shape index (κ1) is 44.0. The zero-order valence-corrected chi connectivity index (χ0v) is 35.1. The van der Waals surface area contributed by atoms with Crippen LogP contribution in [0.3, 0.4) is 0 Å². The zero-order valence-electron chi connectivity index (χ0n) is 34.3. The van der Waals surface area contributed by atoms with E-state index in [9.17, 15) is 22.8 Å². The Labute approximate surface area is 361 Å². The first-order chi connectivity index (χ1) is 29.5. The Balaban J connectivity index is 0.00000578. The second-order valence-electron chi connectivity index (χ2n) is 14.8. The van der Waals surface area contributed by atoms with E-state index in [2.05, 4.69) is 20.2 Å². The number of benzene rings is 3. The number of aromatic nitrogens is 5. The van der Waals surface area contributed by atoms with Crippen molar-refractivity contribution in [2.45, 2.75) is 52.4 Å². The van der Waals surface area contributed by atoms with Gasteiger partial charge in [0, 0.05) is 87.3 Å². The highest BCUT2D eigenvalue weighted by molar-refractivity contribution is 6.03. The molecule has 0 bridgehead atoms. The highest BCUT2D eigenvalue weighted by Gasteiger charge is 2.34. The van der Waals surface area contributed by atoms with Crippen LogP contribution >= 0.6 is 12.4 Å². The Kier molecular flexibility index (Phi) is 13.2. The number of ether oxygens (including phenoxy) is 3. The molecule has 62 heavy (non-hydrogen) atoms. The summed E-state index contributed by atoms with van der Waals surface area (Å²) in [5, 5.41) is 8.87. The molecule has 1 fully saturated rings. The van der Waals surface area contributed by atoms with Gasteiger partial charge in [0.1, 0.15) is 5.52 Å². The molecule has 3 aromatic carbocycles. The summed E-state index contributed by atoms with van der Waals surface area (Å²) in [4.78, 5) is 38.8. The molecule has 13 nitrogen and oxygen atoms in total. The maximum absolute atomic E-state index is 16.4. The Morgan fingerprint density at radius 3 is 2.26 bits per heavy atom. The van der Waals surface area contributed by atoms with Gasteiger partial charge in [0.25, 0.3) is 0 Å². The third kappa shape index (κ3) is 8.69. The fourth-order valence-electron chi connectivity index (χ4n) is 8.07. The van der Waals surface area contributed by atoms with Crippen molar-refractivity contribution in [3.05, 3.63) is 118 Å². The molecule has 5 heterocycles. The van der Waals surface area contributed by atoms with Crippen molar-refractivity contribution < 1.29 is 41.4 Å². The summed E-state index contributed by atoms with van der Waals surface area (Å²) in [6, 6.07) is 16.0. The van der Waals surface area contributed by atoms with Crippen LogP contribution in [0, 0.1) is 5.82 Å². The predicted octanol–water partition coefficient (Wildman–Crippen LogP) is 7.76. The van der Waals surface area contributed by atoms with Gasteiger partial charge in [0.2, 0.25) is 12.7 Å². The molecule has 2 aliphatic rings. The number of alkyl halides is 3. The lowest BCUT2D eigenvalue weighted by molar-refractivity contribution is -0.138. The molecule has 1 saturated heterocycles. The van der Waals surface area contributed by atoms with E-state index in [0.717, 1.165) is 72.1 Å². The average Bonchev–Trinajstić information content (AvgIpc) is 3.88. The number of anilines is 1. The van der Waals surface area contributed by atoms with E-state index in [4.69, 9.17) is 19.3 Å². The normalized spacial score (nSPS) is 14.3. The van der Waals surface area contributed by atoms with Crippen molar-refractivity contribution >= 4 is 41.3 Å². The first-order valence-corrected chi connectivity index (χ1v) is 20.1. The van der Waals surface area contributed by atoms with Crippen LogP contribution in [0.25, 0.3) is 27.8 Å². The third-order valence-corrected chi connectivity index (χ3v) is 11.2. The van der Waals surface area contributed by atoms with E-state index in [1.807, 2.05) is 48.9 Å². The summed E-state index contributed by atoms with van der Waals surface area (Å²) in [6.45, 7) is 8.37. The second-order valence-corrected chi connectivity index (χ2v) is 14.8. The molecule has 0 aliphatic carbocycles. The maximum atomic E-state index is 16.4. The summed E-state index contributed by atoms with van der Waals surface area (Å²) in [7, 11) is 1.29. The van der Waals surface area contributed by atoms with E-state index in [1.165, 1.54) is 19.4 Å². The number of para-hydroxylation sites is 1.